The molecule has 0 spiro atoms. The Morgan fingerprint density at radius 3 is 2.64 bits per heavy atom. The van der Waals surface area contributed by atoms with Crippen LogP contribution in [0.5, 0.6) is 5.75 Å². The number of hydrogen-bond acceptors (Lipinski definition) is 3. The number of furan rings is 1. The maximum atomic E-state index is 12.3. The number of rotatable bonds is 6. The molecule has 0 saturated heterocycles. The second-order valence-corrected chi connectivity index (χ2v) is 6.28. The van der Waals surface area contributed by atoms with Crippen molar-refractivity contribution < 1.29 is 13.9 Å². The number of fused-ring (bicyclic) bond motifs is 1. The van der Waals surface area contributed by atoms with Crippen LogP contribution in [0.15, 0.2) is 53.1 Å². The Morgan fingerprint density at radius 1 is 1.20 bits per heavy atom. The molecular formula is C21H23NO3. The summed E-state index contributed by atoms with van der Waals surface area (Å²) in [5.74, 6) is 1.20. The molecule has 0 unspecified atom stereocenters. The van der Waals surface area contributed by atoms with E-state index >= 15 is 0 Å². The Balaban J connectivity index is 1.68. The van der Waals surface area contributed by atoms with Gasteiger partial charge in [0.25, 0.3) is 0 Å². The van der Waals surface area contributed by atoms with Gasteiger partial charge in [-0.15, -0.1) is 0 Å². The highest BCUT2D eigenvalue weighted by Crippen LogP contribution is 2.26. The summed E-state index contributed by atoms with van der Waals surface area (Å²) in [6.07, 6.45) is 3.01. The van der Waals surface area contributed by atoms with E-state index < -0.39 is 0 Å². The summed E-state index contributed by atoms with van der Waals surface area (Å²) in [6, 6.07) is 13.7. The first-order valence-corrected chi connectivity index (χ1v) is 8.54. The predicted octanol–water partition coefficient (Wildman–Crippen LogP) is 5.14. The molecule has 1 aromatic heterocycles. The molecule has 2 aromatic carbocycles. The topological polar surface area (TPSA) is 51.5 Å². The molecule has 0 aliphatic rings. The Morgan fingerprint density at radius 2 is 1.96 bits per heavy atom. The zero-order valence-corrected chi connectivity index (χ0v) is 14.8. The van der Waals surface area contributed by atoms with E-state index in [2.05, 4.69) is 31.3 Å². The number of benzene rings is 2. The second-order valence-electron chi connectivity index (χ2n) is 6.28. The highest BCUT2D eigenvalue weighted by Gasteiger charge is 2.12. The molecule has 1 amide bonds. The summed E-state index contributed by atoms with van der Waals surface area (Å²) < 4.78 is 10.7. The Labute approximate surface area is 147 Å². The van der Waals surface area contributed by atoms with Gasteiger partial charge >= 0.3 is 0 Å². The number of carbonyl (C=O) groups is 1. The number of methoxy groups -OCH3 is 1. The van der Waals surface area contributed by atoms with Crippen LogP contribution in [0.3, 0.4) is 0 Å². The molecule has 0 bridgehead atoms. The van der Waals surface area contributed by atoms with Gasteiger partial charge in [0.15, 0.2) is 0 Å². The average Bonchev–Trinajstić information content (AvgIpc) is 3.03. The fourth-order valence-electron chi connectivity index (χ4n) is 2.84. The van der Waals surface area contributed by atoms with Gasteiger partial charge in [-0.05, 0) is 42.2 Å². The van der Waals surface area contributed by atoms with Crippen molar-refractivity contribution >= 4 is 22.6 Å². The SMILES string of the molecule is CC[C@@H](C)c1ccc(NC(=O)Cc2coc3cc(OC)ccc23)cc1. The van der Waals surface area contributed by atoms with Crippen LogP contribution < -0.4 is 10.1 Å². The lowest BCUT2D eigenvalue weighted by atomic mass is 9.98. The lowest BCUT2D eigenvalue weighted by Gasteiger charge is -2.10. The normalized spacial score (nSPS) is 12.1. The van der Waals surface area contributed by atoms with E-state index in [0.29, 0.717) is 5.92 Å². The van der Waals surface area contributed by atoms with E-state index in [1.165, 1.54) is 5.56 Å². The average molecular weight is 337 g/mol. The van der Waals surface area contributed by atoms with Gasteiger partial charge < -0.3 is 14.5 Å². The summed E-state index contributed by atoms with van der Waals surface area (Å²) in [6.45, 7) is 4.37. The number of nitrogens with one attached hydrogen (secondary N) is 1. The molecule has 0 radical (unpaired) electrons. The first-order valence-electron chi connectivity index (χ1n) is 8.54. The number of amides is 1. The molecule has 4 nitrogen and oxygen atoms in total. The largest absolute Gasteiger partial charge is 0.497 e. The molecule has 1 heterocycles. The summed E-state index contributed by atoms with van der Waals surface area (Å²) in [5.41, 5.74) is 3.69. The molecule has 1 atom stereocenters. The minimum absolute atomic E-state index is 0.0604. The van der Waals surface area contributed by atoms with Crippen LogP contribution in [0.25, 0.3) is 11.0 Å². The van der Waals surface area contributed by atoms with Gasteiger partial charge in [0.2, 0.25) is 5.91 Å². The monoisotopic (exact) mass is 337 g/mol. The summed E-state index contributed by atoms with van der Waals surface area (Å²) >= 11 is 0. The van der Waals surface area contributed by atoms with Crippen LogP contribution in [0, 0.1) is 0 Å². The zero-order valence-electron chi connectivity index (χ0n) is 14.8. The number of carbonyl (C=O) groups excluding carboxylic acids is 1. The fraction of sp³-hybridized carbons (Fsp3) is 0.286. The van der Waals surface area contributed by atoms with Gasteiger partial charge in [-0.25, -0.2) is 0 Å². The van der Waals surface area contributed by atoms with Gasteiger partial charge in [0.1, 0.15) is 11.3 Å². The van der Waals surface area contributed by atoms with Gasteiger partial charge in [0, 0.05) is 22.7 Å². The maximum Gasteiger partial charge on any atom is 0.228 e. The van der Waals surface area contributed by atoms with E-state index in [-0.39, 0.29) is 12.3 Å². The summed E-state index contributed by atoms with van der Waals surface area (Å²) in [7, 11) is 1.62. The van der Waals surface area contributed by atoms with Gasteiger partial charge in [-0.2, -0.15) is 0 Å². The third kappa shape index (κ3) is 3.85. The lowest BCUT2D eigenvalue weighted by Crippen LogP contribution is -2.14. The Kier molecular flexibility index (Phi) is 5.08. The number of hydrogen-bond donors (Lipinski definition) is 1. The van der Waals surface area contributed by atoms with Crippen LogP contribution in [0.2, 0.25) is 0 Å². The summed E-state index contributed by atoms with van der Waals surface area (Å²) in [5, 5.41) is 3.88. The number of anilines is 1. The molecule has 1 N–H and O–H groups in total. The van der Waals surface area contributed by atoms with Crippen molar-refractivity contribution in [3.8, 4) is 5.75 Å². The minimum atomic E-state index is -0.0604. The van der Waals surface area contributed by atoms with Crippen LogP contribution in [0.1, 0.15) is 37.3 Å². The first kappa shape index (κ1) is 17.1. The van der Waals surface area contributed by atoms with Gasteiger partial charge in [-0.1, -0.05) is 26.0 Å². The van der Waals surface area contributed by atoms with Crippen LogP contribution in [-0.4, -0.2) is 13.0 Å². The van der Waals surface area contributed by atoms with E-state index in [0.717, 1.165) is 34.4 Å². The molecule has 0 saturated carbocycles. The summed E-state index contributed by atoms with van der Waals surface area (Å²) in [4.78, 5) is 12.3. The lowest BCUT2D eigenvalue weighted by molar-refractivity contribution is -0.115. The fourth-order valence-corrected chi connectivity index (χ4v) is 2.84. The molecule has 130 valence electrons. The van der Waals surface area contributed by atoms with E-state index in [4.69, 9.17) is 9.15 Å². The van der Waals surface area contributed by atoms with Crippen molar-refractivity contribution in [2.24, 2.45) is 0 Å². The van der Waals surface area contributed by atoms with Crippen molar-refractivity contribution in [3.63, 3.8) is 0 Å². The zero-order chi connectivity index (χ0) is 17.8. The Hall–Kier alpha value is -2.75. The maximum absolute atomic E-state index is 12.3. The van der Waals surface area contributed by atoms with Gasteiger partial charge in [-0.3, -0.25) is 4.79 Å². The van der Waals surface area contributed by atoms with E-state index in [1.807, 2.05) is 30.3 Å². The number of ether oxygens (including phenoxy) is 1. The van der Waals surface area contributed by atoms with Crippen molar-refractivity contribution in [1.29, 1.82) is 0 Å². The molecule has 25 heavy (non-hydrogen) atoms. The molecule has 4 heteroatoms. The van der Waals surface area contributed by atoms with Crippen molar-refractivity contribution in [2.45, 2.75) is 32.6 Å². The van der Waals surface area contributed by atoms with Gasteiger partial charge in [0.05, 0.1) is 19.8 Å². The molecule has 0 aliphatic heterocycles. The molecule has 0 fully saturated rings. The Bertz CT molecular complexity index is 864. The highest BCUT2D eigenvalue weighted by molar-refractivity contribution is 5.95. The van der Waals surface area contributed by atoms with Crippen molar-refractivity contribution in [2.75, 3.05) is 12.4 Å². The van der Waals surface area contributed by atoms with E-state index in [1.54, 1.807) is 13.4 Å². The molecule has 3 rings (SSSR count). The third-order valence-electron chi connectivity index (χ3n) is 4.59. The third-order valence-corrected chi connectivity index (χ3v) is 4.59. The second kappa shape index (κ2) is 7.43. The molecule has 0 aliphatic carbocycles. The van der Waals surface area contributed by atoms with Crippen LogP contribution >= 0.6 is 0 Å². The van der Waals surface area contributed by atoms with Crippen LogP contribution in [0.4, 0.5) is 5.69 Å². The highest BCUT2D eigenvalue weighted by atomic mass is 16.5. The van der Waals surface area contributed by atoms with Crippen molar-refractivity contribution in [1.82, 2.24) is 0 Å². The predicted molar refractivity (Wildman–Crippen MR) is 100 cm³/mol. The smallest absolute Gasteiger partial charge is 0.228 e. The van der Waals surface area contributed by atoms with E-state index in [9.17, 15) is 4.79 Å². The molecule has 3 aromatic rings. The standard InChI is InChI=1S/C21H23NO3/c1-4-14(2)15-5-7-17(8-6-15)22-21(23)11-16-13-25-20-12-18(24-3)9-10-19(16)20/h5-10,12-14H,4,11H2,1-3H3,(H,22,23)/t14-/m1/s1. The first-order chi connectivity index (χ1) is 12.1. The molecular weight excluding hydrogens is 314 g/mol. The minimum Gasteiger partial charge on any atom is -0.497 e. The van der Waals surface area contributed by atoms with Crippen LogP contribution in [-0.2, 0) is 11.2 Å². The van der Waals surface area contributed by atoms with Crippen molar-refractivity contribution in [3.05, 3.63) is 59.9 Å². The quantitative estimate of drug-likeness (QED) is 0.678.